The van der Waals surface area contributed by atoms with Crippen LogP contribution >= 0.6 is 0 Å². The van der Waals surface area contributed by atoms with Gasteiger partial charge in [0.25, 0.3) is 5.56 Å². The minimum atomic E-state index is -0.127. The molecule has 2 aromatic heterocycles. The Kier molecular flexibility index (Phi) is 1.92. The zero-order chi connectivity index (χ0) is 10.1. The molecule has 5 heteroatoms. The van der Waals surface area contributed by atoms with E-state index in [0.29, 0.717) is 17.2 Å². The molecule has 0 aliphatic carbocycles. The van der Waals surface area contributed by atoms with Gasteiger partial charge in [-0.05, 0) is 6.92 Å². The average molecular weight is 190 g/mol. The van der Waals surface area contributed by atoms with Gasteiger partial charge in [-0.2, -0.15) is 0 Å². The second kappa shape index (κ2) is 3.10. The van der Waals surface area contributed by atoms with Crippen LogP contribution in [-0.2, 0) is 7.05 Å². The van der Waals surface area contributed by atoms with E-state index in [-0.39, 0.29) is 5.56 Å². The fraction of sp³-hybridized carbons (Fsp3) is 0.222. The molecule has 0 radical (unpaired) electrons. The lowest BCUT2D eigenvalue weighted by molar-refractivity contribution is 0.900. The molecule has 5 nitrogen and oxygen atoms in total. The van der Waals surface area contributed by atoms with Crippen LogP contribution in [0.5, 0.6) is 0 Å². The molecule has 0 amide bonds. The number of imidazole rings is 1. The maximum atomic E-state index is 11.3. The summed E-state index contributed by atoms with van der Waals surface area (Å²) in [7, 11) is 1.85. The molecule has 0 aliphatic heterocycles. The molecule has 14 heavy (non-hydrogen) atoms. The molecule has 0 bridgehead atoms. The number of H-pyrrole nitrogens is 1. The van der Waals surface area contributed by atoms with Gasteiger partial charge >= 0.3 is 0 Å². The summed E-state index contributed by atoms with van der Waals surface area (Å²) in [5.41, 5.74) is 0.473. The molecule has 0 atom stereocenters. The molecule has 0 saturated heterocycles. The summed E-state index contributed by atoms with van der Waals surface area (Å²) >= 11 is 0. The summed E-state index contributed by atoms with van der Waals surface area (Å²) in [6.45, 7) is 1.72. The topological polar surface area (TPSA) is 63.6 Å². The Balaban J connectivity index is 2.59. The molecule has 0 fully saturated rings. The number of aromatic nitrogens is 4. The van der Waals surface area contributed by atoms with Crippen molar-refractivity contribution in [2.75, 3.05) is 0 Å². The van der Waals surface area contributed by atoms with Gasteiger partial charge in [-0.3, -0.25) is 4.79 Å². The third kappa shape index (κ3) is 1.32. The molecule has 0 aliphatic rings. The van der Waals surface area contributed by atoms with Gasteiger partial charge in [0.15, 0.2) is 11.6 Å². The molecule has 0 unspecified atom stereocenters. The Hall–Kier alpha value is -1.91. The standard InChI is InChI=1S/C9H10N4O/c1-6-5-11-7(12-9(6)14)8-10-3-4-13(8)2/h3-5H,1-2H3,(H,11,12,14). The highest BCUT2D eigenvalue weighted by atomic mass is 16.1. The lowest BCUT2D eigenvalue weighted by atomic mass is 10.4. The number of nitrogens with one attached hydrogen (secondary N) is 1. The van der Waals surface area contributed by atoms with Crippen LogP contribution in [0.2, 0.25) is 0 Å². The Morgan fingerprint density at radius 3 is 2.79 bits per heavy atom. The number of nitrogens with zero attached hydrogens (tertiary/aromatic N) is 3. The SMILES string of the molecule is Cc1cnc(-c2nccn2C)[nH]c1=O. The molecule has 1 N–H and O–H groups in total. The number of rotatable bonds is 1. The van der Waals surface area contributed by atoms with Crippen molar-refractivity contribution >= 4 is 0 Å². The van der Waals surface area contributed by atoms with E-state index in [4.69, 9.17) is 0 Å². The van der Waals surface area contributed by atoms with Gasteiger partial charge < -0.3 is 9.55 Å². The molecule has 0 aromatic carbocycles. The average Bonchev–Trinajstić information content (AvgIpc) is 2.57. The fourth-order valence-corrected chi connectivity index (χ4v) is 1.17. The Bertz CT molecular complexity index is 512. The van der Waals surface area contributed by atoms with Gasteiger partial charge in [-0.25, -0.2) is 9.97 Å². The minimum Gasteiger partial charge on any atom is -0.331 e. The maximum Gasteiger partial charge on any atom is 0.254 e. The Labute approximate surface area is 80.5 Å². The quantitative estimate of drug-likeness (QED) is 0.711. The third-order valence-electron chi connectivity index (χ3n) is 2.01. The van der Waals surface area contributed by atoms with Crippen molar-refractivity contribution < 1.29 is 0 Å². The first-order valence-electron chi connectivity index (χ1n) is 4.22. The second-order valence-electron chi connectivity index (χ2n) is 3.11. The zero-order valence-electron chi connectivity index (χ0n) is 7.98. The van der Waals surface area contributed by atoms with Crippen LogP contribution in [0.1, 0.15) is 5.56 Å². The van der Waals surface area contributed by atoms with Crippen LogP contribution in [0, 0.1) is 6.92 Å². The summed E-state index contributed by atoms with van der Waals surface area (Å²) < 4.78 is 1.80. The Morgan fingerprint density at radius 2 is 2.21 bits per heavy atom. The van der Waals surface area contributed by atoms with Gasteiger partial charge in [0.2, 0.25) is 0 Å². The predicted molar refractivity (Wildman–Crippen MR) is 51.8 cm³/mol. The first kappa shape index (κ1) is 8.68. The van der Waals surface area contributed by atoms with E-state index in [1.165, 1.54) is 0 Å². The highest BCUT2D eigenvalue weighted by molar-refractivity contribution is 5.42. The predicted octanol–water partition coefficient (Wildman–Crippen LogP) is 0.479. The van der Waals surface area contributed by atoms with Crippen molar-refractivity contribution in [3.8, 4) is 11.6 Å². The van der Waals surface area contributed by atoms with Gasteiger partial charge in [-0.15, -0.1) is 0 Å². The van der Waals surface area contributed by atoms with Crippen molar-refractivity contribution in [3.63, 3.8) is 0 Å². The summed E-state index contributed by atoms with van der Waals surface area (Å²) in [4.78, 5) is 22.2. The smallest absolute Gasteiger partial charge is 0.254 e. The zero-order valence-corrected chi connectivity index (χ0v) is 7.98. The summed E-state index contributed by atoms with van der Waals surface area (Å²) in [6.07, 6.45) is 5.01. The molecule has 72 valence electrons. The largest absolute Gasteiger partial charge is 0.331 e. The van der Waals surface area contributed by atoms with Crippen LogP contribution in [-0.4, -0.2) is 19.5 Å². The van der Waals surface area contributed by atoms with Crippen molar-refractivity contribution in [1.29, 1.82) is 0 Å². The van der Waals surface area contributed by atoms with Crippen LogP contribution in [0.25, 0.3) is 11.6 Å². The molecule has 2 aromatic rings. The van der Waals surface area contributed by atoms with Crippen LogP contribution < -0.4 is 5.56 Å². The monoisotopic (exact) mass is 190 g/mol. The molecule has 0 spiro atoms. The van der Waals surface area contributed by atoms with Crippen LogP contribution in [0.15, 0.2) is 23.4 Å². The van der Waals surface area contributed by atoms with E-state index in [1.54, 1.807) is 30.1 Å². The number of aromatic amines is 1. The Morgan fingerprint density at radius 1 is 1.43 bits per heavy atom. The van der Waals surface area contributed by atoms with Crippen molar-refractivity contribution in [2.45, 2.75) is 6.92 Å². The number of aryl methyl sites for hydroxylation is 2. The van der Waals surface area contributed by atoms with Gasteiger partial charge in [-0.1, -0.05) is 0 Å². The number of hydrogen-bond donors (Lipinski definition) is 1. The minimum absolute atomic E-state index is 0.127. The molecular formula is C9H10N4O. The highest BCUT2D eigenvalue weighted by Gasteiger charge is 2.05. The molecule has 0 saturated carbocycles. The first-order valence-corrected chi connectivity index (χ1v) is 4.22. The van der Waals surface area contributed by atoms with Crippen LogP contribution in [0.3, 0.4) is 0 Å². The lowest BCUT2D eigenvalue weighted by Gasteiger charge is -2.00. The molecule has 2 rings (SSSR count). The normalized spacial score (nSPS) is 10.4. The first-order chi connectivity index (χ1) is 6.68. The van der Waals surface area contributed by atoms with E-state index < -0.39 is 0 Å². The van der Waals surface area contributed by atoms with Gasteiger partial charge in [0.05, 0.1) is 0 Å². The van der Waals surface area contributed by atoms with E-state index in [2.05, 4.69) is 15.0 Å². The summed E-state index contributed by atoms with van der Waals surface area (Å²) in [5, 5.41) is 0. The van der Waals surface area contributed by atoms with E-state index >= 15 is 0 Å². The molecule has 2 heterocycles. The molecular weight excluding hydrogens is 180 g/mol. The summed E-state index contributed by atoms with van der Waals surface area (Å²) in [5.74, 6) is 1.15. The van der Waals surface area contributed by atoms with E-state index in [0.717, 1.165) is 0 Å². The van der Waals surface area contributed by atoms with Crippen molar-refractivity contribution in [1.82, 2.24) is 19.5 Å². The van der Waals surface area contributed by atoms with E-state index in [1.807, 2.05) is 7.05 Å². The second-order valence-corrected chi connectivity index (χ2v) is 3.11. The third-order valence-corrected chi connectivity index (χ3v) is 2.01. The maximum absolute atomic E-state index is 11.3. The van der Waals surface area contributed by atoms with Crippen molar-refractivity contribution in [3.05, 3.63) is 34.5 Å². The van der Waals surface area contributed by atoms with Crippen LogP contribution in [0.4, 0.5) is 0 Å². The van der Waals surface area contributed by atoms with Crippen molar-refractivity contribution in [2.24, 2.45) is 7.05 Å². The lowest BCUT2D eigenvalue weighted by Crippen LogP contribution is -2.12. The van der Waals surface area contributed by atoms with Gasteiger partial charge in [0, 0.05) is 31.2 Å². The summed E-state index contributed by atoms with van der Waals surface area (Å²) in [6, 6.07) is 0. The number of hydrogen-bond acceptors (Lipinski definition) is 3. The highest BCUT2D eigenvalue weighted by Crippen LogP contribution is 2.07. The van der Waals surface area contributed by atoms with E-state index in [9.17, 15) is 4.79 Å². The van der Waals surface area contributed by atoms with Gasteiger partial charge in [0.1, 0.15) is 0 Å². The fourth-order valence-electron chi connectivity index (χ4n) is 1.17.